The molecule has 0 N–H and O–H groups in total. The number of hydrogen-bond acceptors (Lipinski definition) is 1. The Balaban J connectivity index is 1.40. The Morgan fingerprint density at radius 1 is 0.875 bits per heavy atom. The molecule has 0 saturated heterocycles. The van der Waals surface area contributed by atoms with E-state index in [2.05, 4.69) is 95.2 Å². The van der Waals surface area contributed by atoms with E-state index in [-0.39, 0.29) is 0 Å². The zero-order chi connectivity index (χ0) is 21.1. The molecular weight excluding hydrogens is 406 g/mol. The van der Waals surface area contributed by atoms with Crippen LogP contribution in [-0.4, -0.2) is 9.82 Å². The third-order valence-corrected chi connectivity index (χ3v) is 9.15. The lowest BCUT2D eigenvalue weighted by Crippen LogP contribution is -2.10. The summed E-state index contributed by atoms with van der Waals surface area (Å²) in [7, 11) is 0. The molecule has 0 fully saturated rings. The van der Waals surface area contributed by atoms with E-state index in [1.54, 1.807) is 10.5 Å². The molecule has 2 aromatic carbocycles. The summed E-state index contributed by atoms with van der Waals surface area (Å²) in [6, 6.07) is 15.7. The van der Waals surface area contributed by atoms with Gasteiger partial charge in [0.2, 0.25) is 0 Å². The monoisotopic (exact) mass is 433 g/mol. The first-order chi connectivity index (χ1) is 15.9. The van der Waals surface area contributed by atoms with E-state index in [0.29, 0.717) is 5.92 Å². The Hall–Kier alpha value is -2.71. The lowest BCUT2D eigenvalue weighted by Gasteiger charge is -2.20. The van der Waals surface area contributed by atoms with Crippen LogP contribution >= 0.6 is 11.8 Å². The quantitative estimate of drug-likeness (QED) is 0.368. The maximum atomic E-state index is 2.62. The standard InChI is InChI=1S/C30H27NS/c1-2-8-20(9-3-1)21-14-16-22(17-15-21)31-26-12-6-4-11-25(26)29-27(31)19-18-24-23-10-5-7-13-28(23)32-30(24)29/h1-5,8-11,14,16,18-19,23,28H,6-7,12-13,15,17H2. The minimum absolute atomic E-state index is 0.602. The molecule has 32 heavy (non-hydrogen) atoms. The van der Waals surface area contributed by atoms with Crippen molar-refractivity contribution in [1.29, 1.82) is 0 Å². The molecular formula is C30H27NS. The number of aromatic nitrogens is 1. The first-order valence-corrected chi connectivity index (χ1v) is 12.9. The Morgan fingerprint density at radius 2 is 1.81 bits per heavy atom. The number of benzene rings is 2. The van der Waals surface area contributed by atoms with E-state index in [9.17, 15) is 0 Å². The van der Waals surface area contributed by atoms with Gasteiger partial charge in [-0.25, -0.2) is 0 Å². The van der Waals surface area contributed by atoms with Crippen LogP contribution in [0.25, 0.3) is 28.2 Å². The third-order valence-electron chi connectivity index (χ3n) is 7.64. The smallest absolute Gasteiger partial charge is 0.0546 e. The van der Waals surface area contributed by atoms with Crippen molar-refractivity contribution in [3.05, 3.63) is 95.2 Å². The van der Waals surface area contributed by atoms with E-state index in [1.165, 1.54) is 51.8 Å². The second-order valence-corrected chi connectivity index (χ2v) is 10.7. The molecule has 2 atom stereocenters. The molecule has 0 radical (unpaired) electrons. The predicted molar refractivity (Wildman–Crippen MR) is 138 cm³/mol. The van der Waals surface area contributed by atoms with Gasteiger partial charge in [-0.15, -0.1) is 11.8 Å². The van der Waals surface area contributed by atoms with Crippen LogP contribution in [0, 0.1) is 0 Å². The molecule has 1 nitrogen and oxygen atoms in total. The van der Waals surface area contributed by atoms with Crippen LogP contribution in [-0.2, 0) is 6.42 Å². The average Bonchev–Trinajstić information content (AvgIpc) is 3.40. The van der Waals surface area contributed by atoms with Gasteiger partial charge in [0, 0.05) is 38.4 Å². The molecule has 1 aliphatic heterocycles. The normalized spacial score (nSPS) is 23.5. The molecule has 2 heteroatoms. The summed E-state index contributed by atoms with van der Waals surface area (Å²) >= 11 is 2.15. The zero-order valence-electron chi connectivity index (χ0n) is 18.3. The molecule has 0 saturated carbocycles. The Labute approximate surface area is 194 Å². The maximum Gasteiger partial charge on any atom is 0.0546 e. The minimum atomic E-state index is 0.602. The second-order valence-electron chi connectivity index (χ2n) is 9.42. The summed E-state index contributed by atoms with van der Waals surface area (Å²) in [6.45, 7) is 0. The highest BCUT2D eigenvalue weighted by Gasteiger charge is 2.36. The first-order valence-electron chi connectivity index (χ1n) is 12.0. The van der Waals surface area contributed by atoms with E-state index >= 15 is 0 Å². The van der Waals surface area contributed by atoms with Crippen molar-refractivity contribution in [2.75, 3.05) is 0 Å². The van der Waals surface area contributed by atoms with Crippen LogP contribution in [0.3, 0.4) is 0 Å². The number of allylic oxidation sites excluding steroid dienone is 7. The summed E-state index contributed by atoms with van der Waals surface area (Å²) in [5.74, 6) is 0.602. The molecule has 0 amide bonds. The van der Waals surface area contributed by atoms with Crippen LogP contribution in [0.1, 0.15) is 60.4 Å². The van der Waals surface area contributed by atoms with E-state index in [4.69, 9.17) is 0 Å². The van der Waals surface area contributed by atoms with Crippen molar-refractivity contribution < 1.29 is 0 Å². The number of thioether (sulfide) groups is 1. The average molecular weight is 434 g/mol. The summed E-state index contributed by atoms with van der Waals surface area (Å²) in [6.07, 6.45) is 21.4. The van der Waals surface area contributed by atoms with Crippen LogP contribution < -0.4 is 0 Å². The number of rotatable bonds is 2. The number of fused-ring (bicyclic) bond motifs is 7. The van der Waals surface area contributed by atoms with Gasteiger partial charge in [-0.05, 0) is 67.4 Å². The Kier molecular flexibility index (Phi) is 4.36. The minimum Gasteiger partial charge on any atom is -0.317 e. The zero-order valence-corrected chi connectivity index (χ0v) is 19.1. The molecule has 3 aromatic rings. The highest BCUT2D eigenvalue weighted by molar-refractivity contribution is 8.00. The molecule has 158 valence electrons. The van der Waals surface area contributed by atoms with Crippen molar-refractivity contribution in [2.45, 2.75) is 54.6 Å². The Bertz CT molecular complexity index is 1350. The second kappa shape index (κ2) is 7.42. The maximum absolute atomic E-state index is 2.62. The first kappa shape index (κ1) is 18.8. The van der Waals surface area contributed by atoms with Crippen molar-refractivity contribution in [1.82, 2.24) is 4.57 Å². The van der Waals surface area contributed by atoms with Gasteiger partial charge in [0.1, 0.15) is 0 Å². The fourth-order valence-corrected chi connectivity index (χ4v) is 7.72. The van der Waals surface area contributed by atoms with Gasteiger partial charge in [0.25, 0.3) is 0 Å². The van der Waals surface area contributed by atoms with Crippen LogP contribution in [0.5, 0.6) is 0 Å². The SMILES string of the molecule is C1=Cc2c(n(C3=CC=C(c4ccccc4)CC3)c3ccc4c(c23)SC2CCC=CC42)CC1. The summed E-state index contributed by atoms with van der Waals surface area (Å²) < 4.78 is 2.62. The van der Waals surface area contributed by atoms with Gasteiger partial charge in [-0.1, -0.05) is 66.8 Å². The predicted octanol–water partition coefficient (Wildman–Crippen LogP) is 8.23. The highest BCUT2D eigenvalue weighted by Crippen LogP contribution is 2.54. The number of nitrogens with zero attached hydrogens (tertiary/aromatic N) is 1. The molecule has 7 rings (SSSR count). The molecule has 0 bridgehead atoms. The van der Waals surface area contributed by atoms with Crippen LogP contribution in [0.15, 0.2) is 77.7 Å². The van der Waals surface area contributed by atoms with Gasteiger partial charge >= 0.3 is 0 Å². The summed E-state index contributed by atoms with van der Waals surface area (Å²) in [5.41, 5.74) is 10.2. The Morgan fingerprint density at radius 3 is 2.69 bits per heavy atom. The van der Waals surface area contributed by atoms with Crippen LogP contribution in [0.2, 0.25) is 0 Å². The fraction of sp³-hybridized carbons (Fsp3) is 0.267. The highest BCUT2D eigenvalue weighted by atomic mass is 32.2. The lowest BCUT2D eigenvalue weighted by atomic mass is 9.88. The third kappa shape index (κ3) is 2.79. The summed E-state index contributed by atoms with van der Waals surface area (Å²) in [4.78, 5) is 1.56. The van der Waals surface area contributed by atoms with Crippen molar-refractivity contribution >= 4 is 40.0 Å². The van der Waals surface area contributed by atoms with Gasteiger partial charge in [-0.3, -0.25) is 0 Å². The van der Waals surface area contributed by atoms with Gasteiger partial charge in [0.15, 0.2) is 0 Å². The van der Waals surface area contributed by atoms with Gasteiger partial charge in [0.05, 0.1) is 5.52 Å². The van der Waals surface area contributed by atoms with E-state index in [0.717, 1.165) is 30.9 Å². The molecule has 4 aliphatic rings. The molecule has 0 spiro atoms. The lowest BCUT2D eigenvalue weighted by molar-refractivity contribution is 0.683. The van der Waals surface area contributed by atoms with Gasteiger partial charge in [-0.2, -0.15) is 0 Å². The van der Waals surface area contributed by atoms with E-state index < -0.39 is 0 Å². The topological polar surface area (TPSA) is 4.93 Å². The van der Waals surface area contributed by atoms with Crippen molar-refractivity contribution in [3.63, 3.8) is 0 Å². The van der Waals surface area contributed by atoms with Crippen LogP contribution in [0.4, 0.5) is 0 Å². The molecule has 1 aromatic heterocycles. The van der Waals surface area contributed by atoms with Crippen molar-refractivity contribution in [2.24, 2.45) is 0 Å². The van der Waals surface area contributed by atoms with Gasteiger partial charge < -0.3 is 4.57 Å². The molecule has 2 unspecified atom stereocenters. The number of hydrogen-bond donors (Lipinski definition) is 0. The van der Waals surface area contributed by atoms with Crippen molar-refractivity contribution in [3.8, 4) is 0 Å². The molecule has 3 aliphatic carbocycles. The fourth-order valence-electron chi connectivity index (χ4n) is 6.11. The molecule has 2 heterocycles. The summed E-state index contributed by atoms with van der Waals surface area (Å²) in [5, 5.41) is 2.23. The largest absolute Gasteiger partial charge is 0.317 e. The van der Waals surface area contributed by atoms with E-state index in [1.807, 2.05) is 0 Å².